The zero-order valence-corrected chi connectivity index (χ0v) is 61.6. The lowest BCUT2D eigenvalue weighted by Crippen LogP contribution is -2.57. The van der Waals surface area contributed by atoms with E-state index in [9.17, 15) is 30.0 Å². The molecule has 2 aromatic rings. The standard InChI is InChI=1S/C75H132O8.H4O5P2/c1-15-17-19-21-23-25-27-29-31-33-35-37-39-41-43-45-51-82-66(79)49-47-60-53-62(70(3,4)5)68(63(54-60)71(6,7)8)75(81,74(57-76,58-77)59-78)69-64(72(9,10)11)55-61(56-65(69)73(12,13)14)48-50-67(80)83-52-46-44-42-40-38-36-34-32-30-28-26-24-22-20-18-16-2;1-6(2)5-7(3)4/h53-56,76-78,81H,15-52,57-59H2,1-14H3;1-4H. The van der Waals surface area contributed by atoms with Gasteiger partial charge in [-0.1, -0.05) is 314 Å². The molecule has 2 aromatic carbocycles. The maximum absolute atomic E-state index is 14.6. The molecular weight excluding hydrogens is 1170 g/mol. The molecule has 0 unspecified atom stereocenters. The van der Waals surface area contributed by atoms with E-state index in [1.54, 1.807) is 0 Å². The number of rotatable bonds is 48. The van der Waals surface area contributed by atoms with Crippen LogP contribution in [0.4, 0.5) is 0 Å². The smallest absolute Gasteiger partial charge is 0.334 e. The maximum Gasteiger partial charge on any atom is 0.334 e. The summed E-state index contributed by atoms with van der Waals surface area (Å²) in [6.07, 6.45) is 42.6. The molecule has 524 valence electrons. The average molecular weight is 1310 g/mol. The van der Waals surface area contributed by atoms with E-state index in [-0.39, 0.29) is 24.8 Å². The number of aliphatic hydroxyl groups excluding tert-OH is 3. The lowest BCUT2D eigenvalue weighted by molar-refractivity contribution is -0.144. The van der Waals surface area contributed by atoms with Crippen LogP contribution in [-0.4, -0.2) is 85.0 Å². The highest BCUT2D eigenvalue weighted by atomic mass is 31.2. The normalized spacial score (nSPS) is 12.7. The maximum atomic E-state index is 14.6. The van der Waals surface area contributed by atoms with Crippen LogP contribution < -0.4 is 0 Å². The summed E-state index contributed by atoms with van der Waals surface area (Å²) in [5.74, 6) is -0.455. The van der Waals surface area contributed by atoms with Gasteiger partial charge in [0.2, 0.25) is 0 Å². The van der Waals surface area contributed by atoms with Gasteiger partial charge in [0.1, 0.15) is 5.60 Å². The van der Waals surface area contributed by atoms with Crippen LogP contribution in [0.25, 0.3) is 0 Å². The summed E-state index contributed by atoms with van der Waals surface area (Å²) in [7, 11) is -5.22. The van der Waals surface area contributed by atoms with Gasteiger partial charge in [-0.15, -0.1) is 0 Å². The molecule has 0 bridgehead atoms. The Labute approximate surface area is 552 Å². The average Bonchev–Trinajstić information content (AvgIpc) is 0.701. The first-order chi connectivity index (χ1) is 42.4. The van der Waals surface area contributed by atoms with Crippen molar-refractivity contribution in [1.29, 1.82) is 0 Å². The van der Waals surface area contributed by atoms with Gasteiger partial charge in [0, 0.05) is 12.8 Å². The number of unbranched alkanes of at least 4 members (excludes halogenated alkanes) is 30. The monoisotopic (exact) mass is 1310 g/mol. The summed E-state index contributed by atoms with van der Waals surface area (Å²) in [6.45, 7) is 28.5. The van der Waals surface area contributed by atoms with Crippen LogP contribution in [0, 0.1) is 5.41 Å². The zero-order chi connectivity index (χ0) is 67.9. The minimum absolute atomic E-state index is 0.209. The third-order valence-electron chi connectivity index (χ3n) is 17.9. The molecule has 0 aliphatic heterocycles. The molecule has 0 radical (unpaired) electrons. The van der Waals surface area contributed by atoms with E-state index < -0.39 is 69.7 Å². The van der Waals surface area contributed by atoms with E-state index in [2.05, 4.69) is 126 Å². The predicted octanol–water partition coefficient (Wildman–Crippen LogP) is 19.0. The summed E-state index contributed by atoms with van der Waals surface area (Å²) < 4.78 is 15.2. The van der Waals surface area contributed by atoms with Crippen LogP contribution in [-0.2, 0) is 63.5 Å². The van der Waals surface area contributed by atoms with Gasteiger partial charge in [-0.2, -0.15) is 0 Å². The molecule has 2 rings (SSSR count). The molecule has 0 aliphatic carbocycles. The summed E-state index contributed by atoms with van der Waals surface area (Å²) in [5.41, 5.74) is -0.195. The molecule has 0 saturated carbocycles. The van der Waals surface area contributed by atoms with Gasteiger partial charge in [-0.25, -0.2) is 4.31 Å². The minimum atomic E-state index is -2.61. The van der Waals surface area contributed by atoms with E-state index in [0.29, 0.717) is 37.2 Å². The Morgan fingerprint density at radius 2 is 0.578 bits per heavy atom. The van der Waals surface area contributed by atoms with Crippen molar-refractivity contribution in [3.63, 3.8) is 0 Å². The van der Waals surface area contributed by atoms with Crippen molar-refractivity contribution in [2.24, 2.45) is 5.41 Å². The van der Waals surface area contributed by atoms with E-state index >= 15 is 0 Å². The predicted molar refractivity (Wildman–Crippen MR) is 376 cm³/mol. The SMILES string of the molecule is CCCCCCCCCCCCCCCCCCOC(=O)CCc1cc(C(C)(C)C)c(C(O)(c2c(C(C)(C)C)cc(CCC(=O)OCCCCCCCCCCCCCCCCCC)cc2C(C)(C)C)C(CO)(CO)CO)c(C(C)(C)C)c1.OP(O)OP(O)O. The second-order valence-electron chi connectivity index (χ2n) is 30.2. The van der Waals surface area contributed by atoms with Crippen LogP contribution in [0.15, 0.2) is 24.3 Å². The lowest BCUT2D eigenvalue weighted by atomic mass is 9.56. The van der Waals surface area contributed by atoms with Crippen molar-refractivity contribution < 1.29 is 63.4 Å². The third-order valence-corrected chi connectivity index (χ3v) is 19.1. The first-order valence-corrected chi connectivity index (χ1v) is 38.0. The molecule has 90 heavy (non-hydrogen) atoms. The largest absolute Gasteiger partial charge is 0.466 e. The quantitative estimate of drug-likeness (QED) is 0.0176. The molecule has 0 amide bonds. The Morgan fingerprint density at radius 3 is 0.756 bits per heavy atom. The van der Waals surface area contributed by atoms with Gasteiger partial charge in [0.05, 0.1) is 38.4 Å². The van der Waals surface area contributed by atoms with Gasteiger partial charge in [0.25, 0.3) is 0 Å². The summed E-state index contributed by atoms with van der Waals surface area (Å²) in [5, 5.41) is 49.6. The highest BCUT2D eigenvalue weighted by Crippen LogP contribution is 2.56. The highest BCUT2D eigenvalue weighted by molar-refractivity contribution is 7.53. The molecule has 0 spiro atoms. The molecule has 0 fully saturated rings. The minimum Gasteiger partial charge on any atom is -0.466 e. The van der Waals surface area contributed by atoms with Crippen LogP contribution >= 0.6 is 17.2 Å². The van der Waals surface area contributed by atoms with Gasteiger partial charge in [-0.3, -0.25) is 9.59 Å². The Bertz CT molecular complexity index is 1980. The molecule has 0 saturated heterocycles. The second-order valence-corrected chi connectivity index (χ2v) is 31.9. The summed E-state index contributed by atoms with van der Waals surface area (Å²) in [6, 6.07) is 8.34. The highest BCUT2D eigenvalue weighted by Gasteiger charge is 2.58. The number of hydrogen-bond acceptors (Lipinski definition) is 13. The van der Waals surface area contributed by atoms with Gasteiger partial charge in [0.15, 0.2) is 0 Å². The zero-order valence-electron chi connectivity index (χ0n) is 59.8. The molecule has 15 heteroatoms. The van der Waals surface area contributed by atoms with E-state index in [4.69, 9.17) is 29.0 Å². The number of aliphatic hydroxyl groups is 4. The van der Waals surface area contributed by atoms with Crippen LogP contribution in [0.5, 0.6) is 0 Å². The van der Waals surface area contributed by atoms with Gasteiger partial charge in [-0.05, 0) is 91.9 Å². The second kappa shape index (κ2) is 46.1. The fraction of sp³-hybridized carbons (Fsp3) is 0.813. The van der Waals surface area contributed by atoms with Crippen molar-refractivity contribution in [2.75, 3.05) is 33.0 Å². The number of carbonyl (C=O) groups is 2. The van der Waals surface area contributed by atoms with Crippen molar-refractivity contribution in [3.05, 3.63) is 68.8 Å². The Hall–Kier alpha value is -2.12. The fourth-order valence-corrected chi connectivity index (χ4v) is 12.9. The number of benzene rings is 2. The Balaban J connectivity index is 0.00000543. The molecule has 0 aromatic heterocycles. The molecule has 8 N–H and O–H groups in total. The fourth-order valence-electron chi connectivity index (χ4n) is 12.4. The van der Waals surface area contributed by atoms with Crippen molar-refractivity contribution >= 4 is 29.1 Å². The first kappa shape index (κ1) is 85.9. The van der Waals surface area contributed by atoms with Gasteiger partial charge >= 0.3 is 29.1 Å². The van der Waals surface area contributed by atoms with Crippen LogP contribution in [0.3, 0.4) is 0 Å². The van der Waals surface area contributed by atoms with Gasteiger partial charge < -0.3 is 49.5 Å². The number of hydrogen-bond donors (Lipinski definition) is 8. The molecule has 0 atom stereocenters. The van der Waals surface area contributed by atoms with Crippen LogP contribution in [0.2, 0.25) is 0 Å². The van der Waals surface area contributed by atoms with Crippen molar-refractivity contribution in [1.82, 2.24) is 0 Å². The molecular formula is C75H136O13P2. The first-order valence-electron chi connectivity index (χ1n) is 35.7. The summed E-state index contributed by atoms with van der Waals surface area (Å²) in [4.78, 5) is 58.0. The Morgan fingerprint density at radius 1 is 0.367 bits per heavy atom. The Kier molecular flexibility index (Phi) is 44.0. The van der Waals surface area contributed by atoms with E-state index in [1.165, 1.54) is 167 Å². The third kappa shape index (κ3) is 33.5. The van der Waals surface area contributed by atoms with Crippen molar-refractivity contribution in [3.8, 4) is 0 Å². The summed E-state index contributed by atoms with van der Waals surface area (Å²) >= 11 is 0. The number of esters is 2. The van der Waals surface area contributed by atoms with Crippen molar-refractivity contribution in [2.45, 2.75) is 355 Å². The molecule has 13 nitrogen and oxygen atoms in total. The molecule has 0 heterocycles. The molecule has 0 aliphatic rings. The van der Waals surface area contributed by atoms with E-state index in [0.717, 1.165) is 71.9 Å². The lowest BCUT2D eigenvalue weighted by Gasteiger charge is -2.52. The number of ether oxygens (including phenoxy) is 2. The number of carbonyl (C=O) groups excluding carboxylic acids is 2. The topological polar surface area (TPSA) is 224 Å². The number of aryl methyl sites for hydroxylation is 2. The van der Waals surface area contributed by atoms with E-state index in [1.807, 2.05) is 0 Å². The van der Waals surface area contributed by atoms with Crippen LogP contribution in [0.1, 0.15) is 360 Å².